The quantitative estimate of drug-likeness (QED) is 0.508. The molecule has 0 aliphatic carbocycles. The van der Waals surface area contributed by atoms with Gasteiger partial charge in [0.15, 0.2) is 0 Å². The van der Waals surface area contributed by atoms with Crippen molar-refractivity contribution in [2.24, 2.45) is 0 Å². The Balaban J connectivity index is 1.30. The van der Waals surface area contributed by atoms with E-state index in [0.717, 1.165) is 54.0 Å². The zero-order chi connectivity index (χ0) is 26.9. The summed E-state index contributed by atoms with van der Waals surface area (Å²) in [6, 6.07) is 11.5. The molecule has 0 spiro atoms. The van der Waals surface area contributed by atoms with Crippen LogP contribution in [0.25, 0.3) is 22.3 Å². The van der Waals surface area contributed by atoms with Gasteiger partial charge < -0.3 is 15.0 Å². The molecule has 3 atom stereocenters. The van der Waals surface area contributed by atoms with Crippen LogP contribution in [0, 0.1) is 0 Å². The van der Waals surface area contributed by atoms with E-state index < -0.39 is 10.0 Å². The van der Waals surface area contributed by atoms with Gasteiger partial charge in [-0.1, -0.05) is 6.07 Å². The van der Waals surface area contributed by atoms with Gasteiger partial charge in [-0.05, 0) is 57.0 Å². The van der Waals surface area contributed by atoms with E-state index in [0.29, 0.717) is 18.8 Å². The molecular weight excluding hydrogens is 504 g/mol. The van der Waals surface area contributed by atoms with Crippen molar-refractivity contribution in [1.29, 1.82) is 0 Å². The molecule has 0 saturated carbocycles. The molecule has 1 N–H and O–H groups in total. The number of rotatable bonds is 6. The van der Waals surface area contributed by atoms with Crippen LogP contribution < -0.4 is 10.2 Å². The van der Waals surface area contributed by atoms with Crippen LogP contribution in [-0.2, 0) is 26.0 Å². The maximum Gasteiger partial charge on any atom is 0.226 e. The van der Waals surface area contributed by atoms with E-state index in [1.54, 1.807) is 6.20 Å². The molecule has 0 bridgehead atoms. The fourth-order valence-corrected chi connectivity index (χ4v) is 6.12. The van der Waals surface area contributed by atoms with E-state index in [-0.39, 0.29) is 30.6 Å². The maximum absolute atomic E-state index is 12.7. The minimum atomic E-state index is -3.27. The Morgan fingerprint density at radius 3 is 2.61 bits per heavy atom. The summed E-state index contributed by atoms with van der Waals surface area (Å²) in [5.74, 6) is 0.715. The number of anilines is 1. The molecular formula is C27H34N6O4S. The molecule has 1 amide bonds. The number of ether oxygens (including phenoxy) is 1. The van der Waals surface area contributed by atoms with Crippen LogP contribution in [0.2, 0.25) is 0 Å². The highest BCUT2D eigenvalue weighted by Crippen LogP contribution is 2.24. The Hall–Kier alpha value is -3.15. The average Bonchev–Trinajstić information content (AvgIpc) is 2.87. The number of hydrogen-bond acceptors (Lipinski definition) is 8. The third-order valence-electron chi connectivity index (χ3n) is 6.93. The number of carbonyl (C=O) groups excluding carboxylic acids is 1. The predicted molar refractivity (Wildman–Crippen MR) is 146 cm³/mol. The largest absolute Gasteiger partial charge is 0.372 e. The molecule has 1 unspecified atom stereocenters. The number of sulfonamides is 1. The summed E-state index contributed by atoms with van der Waals surface area (Å²) in [4.78, 5) is 29.1. The minimum Gasteiger partial charge on any atom is -0.372 e. The SMILES string of the molecule is C[C@@H]1CN(c2cccc(-c3ccc4cnc(CC(=O)NC5CCCN(S(C)(=O)=O)C5)cc4n3)n2)C[C@H](C)O1. The Morgan fingerprint density at radius 2 is 1.84 bits per heavy atom. The molecule has 202 valence electrons. The maximum atomic E-state index is 12.7. The summed E-state index contributed by atoms with van der Waals surface area (Å²) >= 11 is 0. The van der Waals surface area contributed by atoms with Gasteiger partial charge in [0.05, 0.1) is 47.5 Å². The second-order valence-electron chi connectivity index (χ2n) is 10.3. The van der Waals surface area contributed by atoms with Gasteiger partial charge in [0.25, 0.3) is 0 Å². The van der Waals surface area contributed by atoms with Crippen molar-refractivity contribution in [3.8, 4) is 11.4 Å². The number of amides is 1. The molecule has 2 fully saturated rings. The summed E-state index contributed by atoms with van der Waals surface area (Å²) in [6.07, 6.45) is 4.78. The molecule has 5 heterocycles. The molecule has 3 aromatic heterocycles. The molecule has 10 nitrogen and oxygen atoms in total. The molecule has 2 aliphatic rings. The van der Waals surface area contributed by atoms with Gasteiger partial charge in [0.2, 0.25) is 15.9 Å². The first-order valence-corrected chi connectivity index (χ1v) is 14.9. The first-order valence-electron chi connectivity index (χ1n) is 13.0. The number of nitrogens with one attached hydrogen (secondary N) is 1. The lowest BCUT2D eigenvalue weighted by atomic mass is 10.1. The molecule has 0 aromatic carbocycles. The number of fused-ring (bicyclic) bond motifs is 1. The van der Waals surface area contributed by atoms with Crippen LogP contribution in [0.15, 0.2) is 42.6 Å². The summed E-state index contributed by atoms with van der Waals surface area (Å²) in [7, 11) is -3.27. The van der Waals surface area contributed by atoms with E-state index >= 15 is 0 Å². The minimum absolute atomic E-state index is 0.0956. The first-order chi connectivity index (χ1) is 18.1. The fraction of sp³-hybridized carbons (Fsp3) is 0.481. The summed E-state index contributed by atoms with van der Waals surface area (Å²) < 4.78 is 31.0. The number of morpholine rings is 1. The van der Waals surface area contributed by atoms with Crippen molar-refractivity contribution in [2.45, 2.75) is 51.4 Å². The standard InChI is InChI=1S/C27H34N6O4S/c1-18-15-32(16-19(2)37-18)26-8-4-7-23(31-26)24-10-9-20-14-28-22(12-25(20)30-24)13-27(34)29-21-6-5-11-33(17-21)38(3,35)36/h4,7-10,12,14,18-19,21H,5-6,11,13,15-17H2,1-3H3,(H,29,34)/t18-,19+,21?. The molecule has 3 aromatic rings. The lowest BCUT2D eigenvalue weighted by molar-refractivity contribution is -0.121. The van der Waals surface area contributed by atoms with Crippen molar-refractivity contribution in [3.63, 3.8) is 0 Å². The van der Waals surface area contributed by atoms with E-state index in [4.69, 9.17) is 14.7 Å². The normalized spacial score (nSPS) is 22.9. The topological polar surface area (TPSA) is 118 Å². The highest BCUT2D eigenvalue weighted by Gasteiger charge is 2.27. The number of pyridine rings is 3. The zero-order valence-electron chi connectivity index (χ0n) is 22.0. The first kappa shape index (κ1) is 26.5. The van der Waals surface area contributed by atoms with Crippen LogP contribution in [0.1, 0.15) is 32.4 Å². The molecule has 2 aliphatic heterocycles. The van der Waals surface area contributed by atoms with Crippen molar-refractivity contribution in [3.05, 3.63) is 48.3 Å². The third kappa shape index (κ3) is 6.28. The Kier molecular flexibility index (Phi) is 7.60. The zero-order valence-corrected chi connectivity index (χ0v) is 22.8. The van der Waals surface area contributed by atoms with Crippen LogP contribution in [0.5, 0.6) is 0 Å². The van der Waals surface area contributed by atoms with Gasteiger partial charge >= 0.3 is 0 Å². The van der Waals surface area contributed by atoms with Gasteiger partial charge in [-0.3, -0.25) is 9.78 Å². The second kappa shape index (κ2) is 10.9. The van der Waals surface area contributed by atoms with Gasteiger partial charge in [-0.2, -0.15) is 0 Å². The van der Waals surface area contributed by atoms with Gasteiger partial charge in [-0.15, -0.1) is 0 Å². The molecule has 2 saturated heterocycles. The van der Waals surface area contributed by atoms with Crippen LogP contribution >= 0.6 is 0 Å². The third-order valence-corrected chi connectivity index (χ3v) is 8.20. The molecule has 11 heteroatoms. The predicted octanol–water partition coefficient (Wildman–Crippen LogP) is 2.39. The Labute approximate surface area is 223 Å². The van der Waals surface area contributed by atoms with Crippen molar-refractivity contribution < 1.29 is 17.9 Å². The molecule has 38 heavy (non-hydrogen) atoms. The van der Waals surface area contributed by atoms with Crippen LogP contribution in [0.4, 0.5) is 5.82 Å². The van der Waals surface area contributed by atoms with Gasteiger partial charge in [0, 0.05) is 43.8 Å². The monoisotopic (exact) mass is 538 g/mol. The Bertz CT molecular complexity index is 1420. The number of carbonyl (C=O) groups is 1. The highest BCUT2D eigenvalue weighted by atomic mass is 32.2. The van der Waals surface area contributed by atoms with Crippen molar-refractivity contribution >= 4 is 32.7 Å². The van der Waals surface area contributed by atoms with Crippen molar-refractivity contribution in [2.75, 3.05) is 37.3 Å². The fourth-order valence-electron chi connectivity index (χ4n) is 5.21. The van der Waals surface area contributed by atoms with E-state index in [1.165, 1.54) is 10.6 Å². The molecule has 5 rings (SSSR count). The second-order valence-corrected chi connectivity index (χ2v) is 12.3. The van der Waals surface area contributed by atoms with Crippen LogP contribution in [0.3, 0.4) is 0 Å². The summed E-state index contributed by atoms with van der Waals surface area (Å²) in [5, 5.41) is 3.85. The number of hydrogen-bond donors (Lipinski definition) is 1. The highest BCUT2D eigenvalue weighted by molar-refractivity contribution is 7.88. The average molecular weight is 539 g/mol. The Morgan fingerprint density at radius 1 is 1.08 bits per heavy atom. The van der Waals surface area contributed by atoms with Gasteiger partial charge in [0.1, 0.15) is 5.82 Å². The van der Waals surface area contributed by atoms with E-state index in [9.17, 15) is 13.2 Å². The number of nitrogens with zero attached hydrogens (tertiary/aromatic N) is 5. The summed E-state index contributed by atoms with van der Waals surface area (Å²) in [5.41, 5.74) is 2.87. The lowest BCUT2D eigenvalue weighted by Gasteiger charge is -2.36. The van der Waals surface area contributed by atoms with E-state index in [1.807, 2.05) is 36.4 Å². The smallest absolute Gasteiger partial charge is 0.226 e. The number of piperidine rings is 1. The van der Waals surface area contributed by atoms with Crippen molar-refractivity contribution in [1.82, 2.24) is 24.6 Å². The number of aromatic nitrogens is 3. The lowest BCUT2D eigenvalue weighted by Crippen LogP contribution is -2.49. The van der Waals surface area contributed by atoms with Gasteiger partial charge in [-0.25, -0.2) is 22.7 Å². The van der Waals surface area contributed by atoms with E-state index in [2.05, 4.69) is 29.0 Å². The van der Waals surface area contributed by atoms with Crippen LogP contribution in [-0.4, -0.2) is 84.3 Å². The molecule has 0 radical (unpaired) electrons. The summed E-state index contributed by atoms with van der Waals surface area (Å²) in [6.45, 7) is 6.51.